The molecule has 0 spiro atoms. The summed E-state index contributed by atoms with van der Waals surface area (Å²) in [5.41, 5.74) is 0.287. The number of benzene rings is 2. The molecule has 0 unspecified atom stereocenters. The van der Waals surface area contributed by atoms with Crippen LogP contribution >= 0.6 is 0 Å². The summed E-state index contributed by atoms with van der Waals surface area (Å²) in [5, 5.41) is 6.30. The zero-order valence-electron chi connectivity index (χ0n) is 26.6. The van der Waals surface area contributed by atoms with E-state index in [1.165, 1.54) is 17.0 Å². The van der Waals surface area contributed by atoms with Crippen LogP contribution in [0.2, 0.25) is 0 Å². The van der Waals surface area contributed by atoms with Crippen molar-refractivity contribution in [2.75, 3.05) is 45.9 Å². The van der Waals surface area contributed by atoms with Crippen LogP contribution in [0.15, 0.2) is 59.1 Å². The van der Waals surface area contributed by atoms with Crippen molar-refractivity contribution in [2.45, 2.75) is 44.9 Å². The van der Waals surface area contributed by atoms with Crippen molar-refractivity contribution in [2.24, 2.45) is 5.92 Å². The number of aromatic nitrogens is 2. The minimum Gasteiger partial charge on any atom is -0.379 e. The first-order valence-electron chi connectivity index (χ1n) is 15.7. The zero-order valence-corrected chi connectivity index (χ0v) is 26.6. The number of alkyl halides is 3. The molecule has 0 bridgehead atoms. The van der Waals surface area contributed by atoms with Crippen LogP contribution in [0, 0.1) is 5.92 Å². The topological polar surface area (TPSA) is 138 Å². The molecule has 2 fully saturated rings. The summed E-state index contributed by atoms with van der Waals surface area (Å²) < 4.78 is 49.9. The maximum Gasteiger partial charge on any atom is 0.416 e. The van der Waals surface area contributed by atoms with Gasteiger partial charge < -0.3 is 19.5 Å². The number of ketones is 1. The number of carbonyl (C=O) groups is 4. The van der Waals surface area contributed by atoms with Crippen LogP contribution in [-0.2, 0) is 33.3 Å². The number of nitrogens with zero attached hydrogens (tertiary/aromatic N) is 5. The maximum absolute atomic E-state index is 13.6. The minimum absolute atomic E-state index is 0.0820. The first kappa shape index (κ1) is 34.7. The summed E-state index contributed by atoms with van der Waals surface area (Å²) >= 11 is 0. The van der Waals surface area contributed by atoms with Crippen molar-refractivity contribution in [1.29, 1.82) is 0 Å². The summed E-state index contributed by atoms with van der Waals surface area (Å²) in [6.07, 6.45) is -4.39. The Balaban J connectivity index is 1.25. The number of hydrogen-bond acceptors (Lipinski definition) is 9. The second-order valence-corrected chi connectivity index (χ2v) is 12.1. The predicted octanol–water partition coefficient (Wildman–Crippen LogP) is 3.21. The average Bonchev–Trinajstić information content (AvgIpc) is 3.61. The molecule has 1 N–H and O–H groups in total. The molecule has 0 saturated carbocycles. The molecule has 15 heteroatoms. The van der Waals surface area contributed by atoms with Gasteiger partial charge in [0.25, 0.3) is 5.91 Å². The second kappa shape index (κ2) is 15.1. The lowest BCUT2D eigenvalue weighted by atomic mass is 9.99. The lowest BCUT2D eigenvalue weighted by Crippen LogP contribution is -2.49. The Morgan fingerprint density at radius 1 is 1.00 bits per heavy atom. The highest BCUT2D eigenvalue weighted by molar-refractivity contribution is 6.07. The van der Waals surface area contributed by atoms with Crippen molar-refractivity contribution in [3.8, 4) is 0 Å². The number of halogens is 3. The number of nitrogens with one attached hydrogen (secondary N) is 1. The third kappa shape index (κ3) is 8.44. The van der Waals surface area contributed by atoms with Gasteiger partial charge in [0.1, 0.15) is 12.6 Å². The van der Waals surface area contributed by atoms with E-state index in [2.05, 4.69) is 20.4 Å². The molecule has 256 valence electrons. The molecule has 1 aromatic heterocycles. The van der Waals surface area contributed by atoms with Crippen molar-refractivity contribution >= 4 is 23.6 Å². The Hall–Kier alpha value is -4.63. The summed E-state index contributed by atoms with van der Waals surface area (Å²) in [7, 11) is 0. The highest BCUT2D eigenvalue weighted by Gasteiger charge is 2.46. The van der Waals surface area contributed by atoms with Crippen molar-refractivity contribution in [1.82, 2.24) is 30.2 Å². The van der Waals surface area contributed by atoms with E-state index in [1.54, 1.807) is 13.8 Å². The van der Waals surface area contributed by atoms with E-state index >= 15 is 0 Å². The molecule has 0 aliphatic carbocycles. The standard InChI is InChI=1S/C33H37F3N6O6/c1-21(2)28(29(44)30-38-27(48-39-30)19-23-9-6-10-24(17-23)33(34,35)36)37-26(43)20-42-31(45)25(18-22-7-4-3-5-8-22)41(32(42)46)12-11-40-13-15-47-16-14-40/h3-10,17,21,25,28H,11-16,18-20H2,1-2H3,(H,37,43)/t25-,28-/m0/s1. The summed E-state index contributed by atoms with van der Waals surface area (Å²) in [6.45, 7) is 6.19. The summed E-state index contributed by atoms with van der Waals surface area (Å²) in [6, 6.07) is 11.4. The third-order valence-electron chi connectivity index (χ3n) is 8.30. The third-order valence-corrected chi connectivity index (χ3v) is 8.30. The van der Waals surface area contributed by atoms with Gasteiger partial charge in [-0.1, -0.05) is 67.5 Å². The molecule has 2 atom stereocenters. The molecule has 3 aromatic rings. The van der Waals surface area contributed by atoms with Gasteiger partial charge in [-0.3, -0.25) is 24.2 Å². The molecule has 2 aliphatic rings. The van der Waals surface area contributed by atoms with Crippen molar-refractivity contribution in [3.05, 3.63) is 83.0 Å². The van der Waals surface area contributed by atoms with Gasteiger partial charge in [-0.2, -0.15) is 18.2 Å². The van der Waals surface area contributed by atoms with E-state index < -0.39 is 59.9 Å². The van der Waals surface area contributed by atoms with Gasteiger partial charge in [-0.25, -0.2) is 4.79 Å². The Kier molecular flexibility index (Phi) is 10.9. The quantitative estimate of drug-likeness (QED) is 0.215. The highest BCUT2D eigenvalue weighted by Crippen LogP contribution is 2.30. The fraction of sp³-hybridized carbons (Fsp3) is 0.455. The number of hydrogen-bond donors (Lipinski definition) is 1. The van der Waals surface area contributed by atoms with Gasteiger partial charge in [0.2, 0.25) is 23.4 Å². The van der Waals surface area contributed by atoms with E-state index in [0.29, 0.717) is 32.8 Å². The van der Waals surface area contributed by atoms with E-state index in [4.69, 9.17) is 9.26 Å². The smallest absolute Gasteiger partial charge is 0.379 e. The predicted molar refractivity (Wildman–Crippen MR) is 165 cm³/mol. The molecule has 4 amide bonds. The van der Waals surface area contributed by atoms with Crippen LogP contribution in [-0.4, -0.2) is 106 Å². The lowest BCUT2D eigenvalue weighted by molar-refractivity contribution is -0.137. The van der Waals surface area contributed by atoms with Crippen LogP contribution < -0.4 is 5.32 Å². The molecule has 2 aliphatic heterocycles. The number of carbonyl (C=O) groups excluding carboxylic acids is 4. The van der Waals surface area contributed by atoms with Crippen LogP contribution in [0.25, 0.3) is 0 Å². The molecule has 0 radical (unpaired) electrons. The molecular formula is C33H37F3N6O6. The van der Waals surface area contributed by atoms with Gasteiger partial charge in [0, 0.05) is 32.6 Å². The Morgan fingerprint density at radius 3 is 2.40 bits per heavy atom. The Morgan fingerprint density at radius 2 is 1.71 bits per heavy atom. The minimum atomic E-state index is -4.52. The normalized spacial score (nSPS) is 18.1. The van der Waals surface area contributed by atoms with E-state index in [-0.39, 0.29) is 36.7 Å². The van der Waals surface area contributed by atoms with Gasteiger partial charge in [0.15, 0.2) is 0 Å². The highest BCUT2D eigenvalue weighted by atomic mass is 19.4. The van der Waals surface area contributed by atoms with Crippen molar-refractivity contribution < 1.29 is 41.6 Å². The van der Waals surface area contributed by atoms with Crippen LogP contribution in [0.3, 0.4) is 0 Å². The number of ether oxygens (including phenoxy) is 1. The average molecular weight is 671 g/mol. The lowest BCUT2D eigenvalue weighted by Gasteiger charge is -2.29. The molecule has 2 aromatic carbocycles. The van der Waals surface area contributed by atoms with E-state index in [0.717, 1.165) is 22.6 Å². The number of rotatable bonds is 13. The number of morpholine rings is 1. The van der Waals surface area contributed by atoms with Gasteiger partial charge >= 0.3 is 12.2 Å². The fourth-order valence-corrected chi connectivity index (χ4v) is 5.70. The number of urea groups is 1. The fourth-order valence-electron chi connectivity index (χ4n) is 5.70. The first-order chi connectivity index (χ1) is 22.9. The van der Waals surface area contributed by atoms with E-state index in [1.807, 2.05) is 30.3 Å². The van der Waals surface area contributed by atoms with Crippen LogP contribution in [0.1, 0.15) is 47.0 Å². The zero-order chi connectivity index (χ0) is 34.4. The molecule has 2 saturated heterocycles. The molecule has 5 rings (SSSR count). The monoisotopic (exact) mass is 670 g/mol. The SMILES string of the molecule is CC(C)[C@H](NC(=O)CN1C(=O)[C@H](Cc2ccccc2)N(CCN2CCOCC2)C1=O)C(=O)c1noc(Cc2cccc(C(F)(F)F)c2)n1. The van der Waals surface area contributed by atoms with Gasteiger partial charge in [-0.05, 0) is 23.1 Å². The number of amides is 4. The molecule has 48 heavy (non-hydrogen) atoms. The molecular weight excluding hydrogens is 633 g/mol. The van der Waals surface area contributed by atoms with E-state index in [9.17, 15) is 32.3 Å². The summed E-state index contributed by atoms with van der Waals surface area (Å²) in [4.78, 5) is 62.4. The van der Waals surface area contributed by atoms with Crippen LogP contribution in [0.5, 0.6) is 0 Å². The van der Waals surface area contributed by atoms with Crippen LogP contribution in [0.4, 0.5) is 18.0 Å². The van der Waals surface area contributed by atoms with Gasteiger partial charge in [0.05, 0.1) is 31.2 Å². The second-order valence-electron chi connectivity index (χ2n) is 12.1. The largest absolute Gasteiger partial charge is 0.416 e. The number of Topliss-reactive ketones (excluding diaryl/α,β-unsaturated/α-hetero) is 1. The molecule has 12 nitrogen and oxygen atoms in total. The molecule has 3 heterocycles. The maximum atomic E-state index is 13.6. The van der Waals surface area contributed by atoms with Crippen molar-refractivity contribution in [3.63, 3.8) is 0 Å². The Labute approximate surface area is 275 Å². The summed E-state index contributed by atoms with van der Waals surface area (Å²) in [5.74, 6) is -2.82. The number of imide groups is 1. The Bertz CT molecular complexity index is 1610. The first-order valence-corrected chi connectivity index (χ1v) is 15.7. The van der Waals surface area contributed by atoms with Gasteiger partial charge in [-0.15, -0.1) is 0 Å².